The van der Waals surface area contributed by atoms with Crippen LogP contribution in [0.1, 0.15) is 51.0 Å². The van der Waals surface area contributed by atoms with Crippen molar-refractivity contribution in [1.82, 2.24) is 0 Å². The molecule has 1 fully saturated rings. The summed E-state index contributed by atoms with van der Waals surface area (Å²) in [5.74, 6) is 0.272. The van der Waals surface area contributed by atoms with Gasteiger partial charge in [0.05, 0.1) is 5.92 Å². The Balaban J connectivity index is 2.09. The Labute approximate surface area is 109 Å². The fraction of sp³-hybridized carbons (Fsp3) is 0.562. The van der Waals surface area contributed by atoms with Crippen LogP contribution in [-0.2, 0) is 9.53 Å². The lowest BCUT2D eigenvalue weighted by molar-refractivity contribution is -0.155. The van der Waals surface area contributed by atoms with Gasteiger partial charge in [0.15, 0.2) is 0 Å². The molecule has 1 aliphatic rings. The first kappa shape index (κ1) is 13.1. The lowest BCUT2D eigenvalue weighted by Crippen LogP contribution is -2.30. The number of carbonyl (C=O) groups excluding carboxylic acids is 1. The van der Waals surface area contributed by atoms with Crippen molar-refractivity contribution in [2.24, 2.45) is 5.92 Å². The van der Waals surface area contributed by atoms with E-state index in [0.29, 0.717) is 5.92 Å². The minimum absolute atomic E-state index is 0.0386. The minimum Gasteiger partial charge on any atom is -0.462 e. The molecule has 1 aromatic rings. The van der Waals surface area contributed by atoms with Gasteiger partial charge in [0, 0.05) is 5.92 Å². The fourth-order valence-corrected chi connectivity index (χ4v) is 2.60. The zero-order valence-corrected chi connectivity index (χ0v) is 11.3. The van der Waals surface area contributed by atoms with Crippen LogP contribution in [0.4, 0.5) is 0 Å². The Kier molecular flexibility index (Phi) is 4.40. The Morgan fingerprint density at radius 3 is 2.50 bits per heavy atom. The van der Waals surface area contributed by atoms with Crippen LogP contribution in [0.15, 0.2) is 30.3 Å². The molecular weight excluding hydrogens is 224 g/mol. The van der Waals surface area contributed by atoms with E-state index in [4.69, 9.17) is 4.74 Å². The molecule has 18 heavy (non-hydrogen) atoms. The second kappa shape index (κ2) is 6.03. The maximum absolute atomic E-state index is 11.8. The van der Waals surface area contributed by atoms with Gasteiger partial charge in [-0.2, -0.15) is 0 Å². The van der Waals surface area contributed by atoms with E-state index in [1.165, 1.54) is 18.4 Å². The van der Waals surface area contributed by atoms with Crippen LogP contribution in [-0.4, -0.2) is 12.1 Å². The van der Waals surface area contributed by atoms with Gasteiger partial charge in [-0.3, -0.25) is 4.79 Å². The van der Waals surface area contributed by atoms with Crippen LogP contribution in [0, 0.1) is 5.92 Å². The predicted molar refractivity (Wildman–Crippen MR) is 72.4 cm³/mol. The molecule has 1 aliphatic carbocycles. The Morgan fingerprint density at radius 2 is 1.83 bits per heavy atom. The fourth-order valence-electron chi connectivity index (χ4n) is 2.60. The van der Waals surface area contributed by atoms with E-state index in [9.17, 15) is 4.79 Å². The SMILES string of the molecule is CC(C)C(=O)OC1CCCCC1c1ccccc1. The Hall–Kier alpha value is -1.31. The highest BCUT2D eigenvalue weighted by Crippen LogP contribution is 2.35. The molecule has 2 atom stereocenters. The van der Waals surface area contributed by atoms with E-state index in [-0.39, 0.29) is 18.0 Å². The highest BCUT2D eigenvalue weighted by atomic mass is 16.5. The Bertz CT molecular complexity index is 383. The van der Waals surface area contributed by atoms with Crippen LogP contribution in [0.3, 0.4) is 0 Å². The van der Waals surface area contributed by atoms with E-state index in [1.54, 1.807) is 0 Å². The summed E-state index contributed by atoms with van der Waals surface area (Å²) in [6.07, 6.45) is 4.59. The topological polar surface area (TPSA) is 26.3 Å². The van der Waals surface area contributed by atoms with Crippen molar-refractivity contribution in [2.45, 2.75) is 51.6 Å². The third-order valence-corrected chi connectivity index (χ3v) is 3.67. The number of benzene rings is 1. The van der Waals surface area contributed by atoms with Crippen LogP contribution >= 0.6 is 0 Å². The molecular formula is C16H22O2. The van der Waals surface area contributed by atoms with Gasteiger partial charge in [-0.25, -0.2) is 0 Å². The summed E-state index contributed by atoms with van der Waals surface area (Å²) in [6.45, 7) is 3.78. The molecule has 0 amide bonds. The van der Waals surface area contributed by atoms with E-state index in [2.05, 4.69) is 24.3 Å². The Morgan fingerprint density at radius 1 is 1.17 bits per heavy atom. The van der Waals surface area contributed by atoms with E-state index < -0.39 is 0 Å². The van der Waals surface area contributed by atoms with Crippen LogP contribution in [0.25, 0.3) is 0 Å². The second-order valence-corrected chi connectivity index (χ2v) is 5.43. The average molecular weight is 246 g/mol. The van der Waals surface area contributed by atoms with Gasteiger partial charge < -0.3 is 4.74 Å². The molecule has 0 radical (unpaired) electrons. The molecule has 98 valence electrons. The average Bonchev–Trinajstić information content (AvgIpc) is 2.40. The third-order valence-electron chi connectivity index (χ3n) is 3.67. The maximum atomic E-state index is 11.8. The molecule has 2 rings (SSSR count). The van der Waals surface area contributed by atoms with Crippen LogP contribution in [0.2, 0.25) is 0 Å². The normalized spacial score (nSPS) is 23.9. The zero-order chi connectivity index (χ0) is 13.0. The van der Waals surface area contributed by atoms with Gasteiger partial charge in [-0.15, -0.1) is 0 Å². The lowest BCUT2D eigenvalue weighted by Gasteiger charge is -2.32. The molecule has 0 heterocycles. The first-order valence-electron chi connectivity index (χ1n) is 6.94. The molecule has 0 N–H and O–H groups in total. The van der Waals surface area contributed by atoms with E-state index >= 15 is 0 Å². The highest BCUT2D eigenvalue weighted by Gasteiger charge is 2.29. The quantitative estimate of drug-likeness (QED) is 0.756. The number of rotatable bonds is 3. The number of hydrogen-bond acceptors (Lipinski definition) is 2. The monoisotopic (exact) mass is 246 g/mol. The molecule has 0 spiro atoms. The van der Waals surface area contributed by atoms with Crippen molar-refractivity contribution < 1.29 is 9.53 Å². The molecule has 2 nitrogen and oxygen atoms in total. The highest BCUT2D eigenvalue weighted by molar-refractivity contribution is 5.71. The van der Waals surface area contributed by atoms with Gasteiger partial charge in [-0.1, -0.05) is 50.6 Å². The number of hydrogen-bond donors (Lipinski definition) is 0. The summed E-state index contributed by atoms with van der Waals surface area (Å²) in [6, 6.07) is 10.4. The number of ether oxygens (including phenoxy) is 1. The number of carbonyl (C=O) groups is 1. The molecule has 2 unspecified atom stereocenters. The first-order valence-corrected chi connectivity index (χ1v) is 6.94. The zero-order valence-electron chi connectivity index (χ0n) is 11.3. The summed E-state index contributed by atoms with van der Waals surface area (Å²) in [4.78, 5) is 11.8. The smallest absolute Gasteiger partial charge is 0.308 e. The molecule has 1 aromatic carbocycles. The van der Waals surface area contributed by atoms with Crippen molar-refractivity contribution in [1.29, 1.82) is 0 Å². The summed E-state index contributed by atoms with van der Waals surface area (Å²) in [7, 11) is 0. The lowest BCUT2D eigenvalue weighted by atomic mass is 9.81. The van der Waals surface area contributed by atoms with Gasteiger partial charge in [0.25, 0.3) is 0 Å². The van der Waals surface area contributed by atoms with Crippen molar-refractivity contribution >= 4 is 5.97 Å². The first-order chi connectivity index (χ1) is 8.68. The molecule has 0 bridgehead atoms. The second-order valence-electron chi connectivity index (χ2n) is 5.43. The van der Waals surface area contributed by atoms with Crippen LogP contribution in [0.5, 0.6) is 0 Å². The third kappa shape index (κ3) is 3.12. The molecule has 2 heteroatoms. The van der Waals surface area contributed by atoms with Gasteiger partial charge in [0.1, 0.15) is 6.10 Å². The minimum atomic E-state index is -0.0668. The van der Waals surface area contributed by atoms with E-state index in [0.717, 1.165) is 12.8 Å². The largest absolute Gasteiger partial charge is 0.462 e. The summed E-state index contributed by atoms with van der Waals surface area (Å²) >= 11 is 0. The van der Waals surface area contributed by atoms with Gasteiger partial charge in [-0.05, 0) is 24.8 Å². The van der Waals surface area contributed by atoms with Crippen molar-refractivity contribution in [3.8, 4) is 0 Å². The summed E-state index contributed by atoms with van der Waals surface area (Å²) < 4.78 is 5.68. The van der Waals surface area contributed by atoms with Crippen molar-refractivity contribution in [2.75, 3.05) is 0 Å². The summed E-state index contributed by atoms with van der Waals surface area (Å²) in [5.41, 5.74) is 1.30. The van der Waals surface area contributed by atoms with Gasteiger partial charge in [0.2, 0.25) is 0 Å². The van der Waals surface area contributed by atoms with Crippen LogP contribution < -0.4 is 0 Å². The van der Waals surface area contributed by atoms with Crippen molar-refractivity contribution in [3.05, 3.63) is 35.9 Å². The number of esters is 1. The predicted octanol–water partition coefficient (Wildman–Crippen LogP) is 3.91. The maximum Gasteiger partial charge on any atom is 0.308 e. The van der Waals surface area contributed by atoms with Crippen molar-refractivity contribution in [3.63, 3.8) is 0 Å². The molecule has 0 saturated heterocycles. The van der Waals surface area contributed by atoms with Gasteiger partial charge >= 0.3 is 5.97 Å². The molecule has 0 aliphatic heterocycles. The van der Waals surface area contributed by atoms with E-state index in [1.807, 2.05) is 19.9 Å². The molecule has 0 aromatic heterocycles. The summed E-state index contributed by atoms with van der Waals surface area (Å²) in [5, 5.41) is 0. The standard InChI is InChI=1S/C16H22O2/c1-12(2)16(17)18-15-11-7-6-10-14(15)13-8-4-3-5-9-13/h3-5,8-9,12,14-15H,6-7,10-11H2,1-2H3. The molecule has 1 saturated carbocycles.